The zero-order valence-electron chi connectivity index (χ0n) is 21.4. The number of para-hydroxylation sites is 2. The first-order valence-corrected chi connectivity index (χ1v) is 13.2. The van der Waals surface area contributed by atoms with Crippen LogP contribution >= 0.6 is 11.6 Å². The third kappa shape index (κ3) is 7.49. The van der Waals surface area contributed by atoms with Crippen LogP contribution in [0.2, 0.25) is 5.02 Å². The zero-order chi connectivity index (χ0) is 26.2. The van der Waals surface area contributed by atoms with Gasteiger partial charge in [-0.2, -0.15) is 0 Å². The minimum atomic E-state index is -0.0127. The number of halogens is 1. The monoisotopic (exact) mass is 519 g/mol. The summed E-state index contributed by atoms with van der Waals surface area (Å²) in [5, 5.41) is 7.32. The molecule has 2 N–H and O–H groups in total. The highest BCUT2D eigenvalue weighted by molar-refractivity contribution is 6.30. The highest BCUT2D eigenvalue weighted by Crippen LogP contribution is 2.32. The van der Waals surface area contributed by atoms with Gasteiger partial charge in [0.1, 0.15) is 5.75 Å². The Kier molecular flexibility index (Phi) is 9.07. The smallest absolute Gasteiger partial charge is 0.223 e. The number of anilines is 1. The Balaban J connectivity index is 1.30. The second kappa shape index (κ2) is 12.6. The van der Waals surface area contributed by atoms with Crippen LogP contribution in [0, 0.1) is 5.92 Å². The van der Waals surface area contributed by atoms with Crippen LogP contribution in [0.5, 0.6) is 11.5 Å². The topological polar surface area (TPSA) is 70.7 Å². The molecule has 0 radical (unpaired) electrons. The molecule has 1 atom stereocenters. The van der Waals surface area contributed by atoms with E-state index in [4.69, 9.17) is 16.3 Å². The lowest BCUT2D eigenvalue weighted by atomic mass is 9.96. The lowest BCUT2D eigenvalue weighted by molar-refractivity contribution is -0.133. The number of amides is 2. The van der Waals surface area contributed by atoms with E-state index in [1.807, 2.05) is 41.3 Å². The summed E-state index contributed by atoms with van der Waals surface area (Å²) in [6.07, 6.45) is 2.22. The Bertz CT molecular complexity index is 1210. The molecule has 1 fully saturated rings. The number of carbonyl (C=O) groups is 2. The molecule has 4 rings (SSSR count). The van der Waals surface area contributed by atoms with Crippen molar-refractivity contribution in [1.29, 1.82) is 0 Å². The fraction of sp³-hybridized carbons (Fsp3) is 0.333. The number of piperidine rings is 1. The van der Waals surface area contributed by atoms with Gasteiger partial charge in [0.2, 0.25) is 11.8 Å². The van der Waals surface area contributed by atoms with E-state index in [1.54, 1.807) is 19.1 Å². The van der Waals surface area contributed by atoms with E-state index in [0.717, 1.165) is 42.0 Å². The van der Waals surface area contributed by atoms with Crippen LogP contribution in [0.25, 0.3) is 0 Å². The van der Waals surface area contributed by atoms with Gasteiger partial charge in [-0.15, -0.1) is 0 Å². The molecule has 0 spiro atoms. The summed E-state index contributed by atoms with van der Waals surface area (Å²) in [7, 11) is 0. The van der Waals surface area contributed by atoms with Gasteiger partial charge in [-0.25, -0.2) is 0 Å². The Morgan fingerprint density at radius 2 is 1.76 bits per heavy atom. The normalized spacial score (nSPS) is 14.6. The lowest BCUT2D eigenvalue weighted by Gasteiger charge is -2.30. The summed E-state index contributed by atoms with van der Waals surface area (Å²) < 4.78 is 6.09. The first kappa shape index (κ1) is 26.6. The van der Waals surface area contributed by atoms with Crippen molar-refractivity contribution in [2.75, 3.05) is 25.0 Å². The number of benzene rings is 3. The number of nitrogens with one attached hydrogen (secondary N) is 2. The Morgan fingerprint density at radius 3 is 2.49 bits per heavy atom. The van der Waals surface area contributed by atoms with Crippen LogP contribution in [-0.4, -0.2) is 36.3 Å². The number of carbonyl (C=O) groups excluding carboxylic acids is 2. The predicted octanol–water partition coefficient (Wildman–Crippen LogP) is 6.22. The van der Waals surface area contributed by atoms with Gasteiger partial charge in [-0.3, -0.25) is 9.59 Å². The number of rotatable bonds is 9. The largest absolute Gasteiger partial charge is 0.455 e. The molecule has 3 aromatic carbocycles. The molecule has 2 amide bonds. The average molecular weight is 520 g/mol. The number of hydrogen-bond acceptors (Lipinski definition) is 4. The van der Waals surface area contributed by atoms with Gasteiger partial charge in [0, 0.05) is 43.5 Å². The fourth-order valence-corrected chi connectivity index (χ4v) is 4.70. The highest BCUT2D eigenvalue weighted by Gasteiger charge is 2.25. The van der Waals surface area contributed by atoms with Gasteiger partial charge in [0.15, 0.2) is 5.75 Å². The minimum absolute atomic E-state index is 0.0127. The maximum atomic E-state index is 12.6. The zero-order valence-corrected chi connectivity index (χ0v) is 22.1. The number of hydrogen-bond donors (Lipinski definition) is 2. The highest BCUT2D eigenvalue weighted by atomic mass is 35.5. The predicted molar refractivity (Wildman–Crippen MR) is 148 cm³/mol. The van der Waals surface area contributed by atoms with E-state index >= 15 is 0 Å². The molecule has 1 unspecified atom stereocenters. The molecule has 3 aromatic rings. The van der Waals surface area contributed by atoms with E-state index in [9.17, 15) is 9.59 Å². The Hall–Kier alpha value is -3.51. The molecule has 1 saturated heterocycles. The molecule has 1 aliphatic rings. The quantitative estimate of drug-likeness (QED) is 0.352. The molecule has 0 bridgehead atoms. The summed E-state index contributed by atoms with van der Waals surface area (Å²) in [5.41, 5.74) is 3.23. The second-order valence-corrected chi connectivity index (χ2v) is 9.92. The molecule has 0 saturated carbocycles. The van der Waals surface area contributed by atoms with Gasteiger partial charge in [0.25, 0.3) is 0 Å². The third-order valence-electron chi connectivity index (χ3n) is 6.78. The first-order valence-electron chi connectivity index (χ1n) is 12.8. The first-order chi connectivity index (χ1) is 17.9. The van der Waals surface area contributed by atoms with Crippen molar-refractivity contribution in [3.05, 3.63) is 88.9 Å². The third-order valence-corrected chi connectivity index (χ3v) is 7.03. The summed E-state index contributed by atoms with van der Waals surface area (Å²) in [4.78, 5) is 25.9. The summed E-state index contributed by atoms with van der Waals surface area (Å²) in [6.45, 7) is 5.61. The van der Waals surface area contributed by atoms with Crippen molar-refractivity contribution < 1.29 is 14.3 Å². The van der Waals surface area contributed by atoms with Crippen molar-refractivity contribution in [2.45, 2.75) is 39.2 Å². The van der Waals surface area contributed by atoms with E-state index in [0.29, 0.717) is 24.7 Å². The average Bonchev–Trinajstić information content (AvgIpc) is 2.91. The summed E-state index contributed by atoms with van der Waals surface area (Å²) in [5.74, 6) is 1.62. The maximum Gasteiger partial charge on any atom is 0.223 e. The number of likely N-dealkylation sites (tertiary alicyclic amines) is 1. The fourth-order valence-electron chi connectivity index (χ4n) is 4.57. The standard InChI is InChI=1S/C30H34ClN3O3/c1-21(33-28-8-3-4-9-29(28)37-27-12-10-26(31)11-13-27)25-7-5-6-23(20-25)14-17-32-30(36)24-15-18-34(19-16-24)22(2)35/h3-13,20-21,24,33H,14-19H2,1-2H3,(H,32,36). The van der Waals surface area contributed by atoms with Crippen LogP contribution in [0.4, 0.5) is 5.69 Å². The van der Waals surface area contributed by atoms with E-state index < -0.39 is 0 Å². The summed E-state index contributed by atoms with van der Waals surface area (Å²) in [6, 6.07) is 23.6. The Morgan fingerprint density at radius 1 is 1.03 bits per heavy atom. The molecular weight excluding hydrogens is 486 g/mol. The van der Waals surface area contributed by atoms with Gasteiger partial charge in [-0.1, -0.05) is 48.0 Å². The number of nitrogens with zero attached hydrogens (tertiary/aromatic N) is 1. The van der Waals surface area contributed by atoms with Crippen molar-refractivity contribution in [3.63, 3.8) is 0 Å². The van der Waals surface area contributed by atoms with Crippen LogP contribution < -0.4 is 15.4 Å². The maximum absolute atomic E-state index is 12.6. The van der Waals surface area contributed by atoms with Crippen LogP contribution in [0.1, 0.15) is 43.9 Å². The van der Waals surface area contributed by atoms with Gasteiger partial charge in [-0.05, 0) is 73.7 Å². The SMILES string of the molecule is CC(=O)N1CCC(C(=O)NCCc2cccc(C(C)Nc3ccccc3Oc3ccc(Cl)cc3)c2)CC1. The van der Waals surface area contributed by atoms with Crippen molar-refractivity contribution in [1.82, 2.24) is 10.2 Å². The second-order valence-electron chi connectivity index (χ2n) is 9.48. The van der Waals surface area contributed by atoms with Crippen LogP contribution in [0.3, 0.4) is 0 Å². The summed E-state index contributed by atoms with van der Waals surface area (Å²) >= 11 is 5.99. The van der Waals surface area contributed by atoms with Crippen LogP contribution in [-0.2, 0) is 16.0 Å². The molecule has 7 heteroatoms. The molecule has 194 valence electrons. The molecular formula is C30H34ClN3O3. The minimum Gasteiger partial charge on any atom is -0.455 e. The number of ether oxygens (including phenoxy) is 1. The van der Waals surface area contributed by atoms with Crippen molar-refractivity contribution in [3.8, 4) is 11.5 Å². The Labute approximate surface area is 224 Å². The van der Waals surface area contributed by atoms with Gasteiger partial charge in [0.05, 0.1) is 5.69 Å². The van der Waals surface area contributed by atoms with Crippen molar-refractivity contribution in [2.24, 2.45) is 5.92 Å². The van der Waals surface area contributed by atoms with E-state index in [1.165, 1.54) is 5.56 Å². The molecule has 1 aliphatic heterocycles. The van der Waals surface area contributed by atoms with Crippen LogP contribution in [0.15, 0.2) is 72.8 Å². The van der Waals surface area contributed by atoms with E-state index in [-0.39, 0.29) is 23.8 Å². The van der Waals surface area contributed by atoms with Gasteiger partial charge >= 0.3 is 0 Å². The molecule has 1 heterocycles. The lowest BCUT2D eigenvalue weighted by Crippen LogP contribution is -2.42. The van der Waals surface area contributed by atoms with E-state index in [2.05, 4.69) is 41.8 Å². The van der Waals surface area contributed by atoms with Crippen molar-refractivity contribution >= 4 is 29.1 Å². The molecule has 0 aliphatic carbocycles. The molecule has 0 aromatic heterocycles. The molecule has 6 nitrogen and oxygen atoms in total. The van der Waals surface area contributed by atoms with Gasteiger partial charge < -0.3 is 20.3 Å². The molecule has 37 heavy (non-hydrogen) atoms.